The van der Waals surface area contributed by atoms with Gasteiger partial charge < -0.3 is 10.0 Å². The summed E-state index contributed by atoms with van der Waals surface area (Å²) in [6, 6.07) is 2.94. The minimum Gasteiger partial charge on any atom is -0.477 e. The molecule has 0 atom stereocenters. The van der Waals surface area contributed by atoms with Gasteiger partial charge in [0.2, 0.25) is 5.91 Å². The molecule has 1 rings (SSSR count). The molecule has 0 aliphatic heterocycles. The predicted octanol–water partition coefficient (Wildman–Crippen LogP) is 1.40. The summed E-state index contributed by atoms with van der Waals surface area (Å²) in [6.45, 7) is 3.61. The molecule has 0 unspecified atom stereocenters. The van der Waals surface area contributed by atoms with Crippen LogP contribution in [0, 0.1) is 5.92 Å². The SMILES string of the molecule is CC(C)C(=O)N(C)c1ccc(C(=O)O)nc1. The van der Waals surface area contributed by atoms with Gasteiger partial charge in [0.05, 0.1) is 11.9 Å². The molecule has 0 bridgehead atoms. The Kier molecular flexibility index (Phi) is 3.60. The lowest BCUT2D eigenvalue weighted by molar-refractivity contribution is -0.121. The molecule has 0 fully saturated rings. The number of nitrogens with zero attached hydrogens (tertiary/aromatic N) is 2. The molecule has 1 aromatic heterocycles. The van der Waals surface area contributed by atoms with Gasteiger partial charge >= 0.3 is 5.97 Å². The quantitative estimate of drug-likeness (QED) is 0.839. The first-order valence-corrected chi connectivity index (χ1v) is 4.90. The Morgan fingerprint density at radius 2 is 2.00 bits per heavy atom. The van der Waals surface area contributed by atoms with E-state index in [1.807, 2.05) is 0 Å². The van der Waals surface area contributed by atoms with Crippen molar-refractivity contribution in [3.05, 3.63) is 24.0 Å². The predicted molar refractivity (Wildman–Crippen MR) is 59.4 cm³/mol. The van der Waals surface area contributed by atoms with E-state index in [9.17, 15) is 9.59 Å². The van der Waals surface area contributed by atoms with Crippen LogP contribution in [0.25, 0.3) is 0 Å². The Morgan fingerprint density at radius 1 is 1.38 bits per heavy atom. The highest BCUT2D eigenvalue weighted by Crippen LogP contribution is 2.14. The van der Waals surface area contributed by atoms with Crippen molar-refractivity contribution in [3.8, 4) is 0 Å². The molecule has 1 amide bonds. The van der Waals surface area contributed by atoms with Crippen LogP contribution in [-0.4, -0.2) is 29.0 Å². The van der Waals surface area contributed by atoms with Gasteiger partial charge in [-0.15, -0.1) is 0 Å². The topological polar surface area (TPSA) is 70.5 Å². The molecule has 0 aromatic carbocycles. The van der Waals surface area contributed by atoms with Gasteiger partial charge in [-0.1, -0.05) is 13.8 Å². The fraction of sp³-hybridized carbons (Fsp3) is 0.364. The van der Waals surface area contributed by atoms with Gasteiger partial charge in [-0.05, 0) is 12.1 Å². The van der Waals surface area contributed by atoms with Crippen LogP contribution in [0.5, 0.6) is 0 Å². The molecule has 0 aliphatic rings. The molecule has 16 heavy (non-hydrogen) atoms. The lowest BCUT2D eigenvalue weighted by Crippen LogP contribution is -2.30. The Morgan fingerprint density at radius 3 is 2.38 bits per heavy atom. The molecular weight excluding hydrogens is 208 g/mol. The lowest BCUT2D eigenvalue weighted by atomic mass is 10.2. The number of carboxylic acids is 1. The minimum absolute atomic E-state index is 0.0332. The van der Waals surface area contributed by atoms with Crippen LogP contribution in [0.1, 0.15) is 24.3 Å². The standard InChI is InChI=1S/C11H14N2O3/c1-7(2)10(14)13(3)8-4-5-9(11(15)16)12-6-8/h4-7H,1-3H3,(H,15,16). The van der Waals surface area contributed by atoms with Crippen LogP contribution in [-0.2, 0) is 4.79 Å². The second-order valence-electron chi connectivity index (χ2n) is 3.76. The summed E-state index contributed by atoms with van der Waals surface area (Å²) < 4.78 is 0. The summed E-state index contributed by atoms with van der Waals surface area (Å²) in [5, 5.41) is 8.67. The zero-order chi connectivity index (χ0) is 12.3. The van der Waals surface area contributed by atoms with E-state index in [1.54, 1.807) is 27.0 Å². The fourth-order valence-corrected chi connectivity index (χ4v) is 1.23. The Bertz CT molecular complexity index is 398. The van der Waals surface area contributed by atoms with Crippen molar-refractivity contribution in [3.63, 3.8) is 0 Å². The molecule has 0 aliphatic carbocycles. The molecule has 0 radical (unpaired) electrons. The molecule has 0 saturated heterocycles. The van der Waals surface area contributed by atoms with Gasteiger partial charge in [0.1, 0.15) is 5.69 Å². The van der Waals surface area contributed by atoms with E-state index in [0.29, 0.717) is 5.69 Å². The third-order valence-corrected chi connectivity index (χ3v) is 2.18. The molecular formula is C11H14N2O3. The average Bonchev–Trinajstić information content (AvgIpc) is 2.27. The maximum absolute atomic E-state index is 11.6. The van der Waals surface area contributed by atoms with E-state index in [1.165, 1.54) is 17.2 Å². The molecule has 1 heterocycles. The zero-order valence-electron chi connectivity index (χ0n) is 9.47. The Hall–Kier alpha value is -1.91. The number of carboxylic acid groups (broad SMARTS) is 1. The second kappa shape index (κ2) is 4.74. The highest BCUT2D eigenvalue weighted by molar-refractivity contribution is 5.94. The number of hydrogen-bond acceptors (Lipinski definition) is 3. The van der Waals surface area contributed by atoms with E-state index in [2.05, 4.69) is 4.98 Å². The summed E-state index contributed by atoms with van der Waals surface area (Å²) in [5.41, 5.74) is 0.554. The largest absolute Gasteiger partial charge is 0.477 e. The number of pyridine rings is 1. The monoisotopic (exact) mass is 222 g/mol. The molecule has 1 aromatic rings. The molecule has 86 valence electrons. The van der Waals surface area contributed by atoms with Crippen molar-refractivity contribution in [1.29, 1.82) is 0 Å². The molecule has 5 heteroatoms. The summed E-state index contributed by atoms with van der Waals surface area (Å²) in [5.74, 6) is -1.22. The van der Waals surface area contributed by atoms with Gasteiger partial charge in [0.25, 0.3) is 0 Å². The van der Waals surface area contributed by atoms with Crippen LogP contribution in [0.3, 0.4) is 0 Å². The lowest BCUT2D eigenvalue weighted by Gasteiger charge is -2.18. The fourth-order valence-electron chi connectivity index (χ4n) is 1.23. The first-order chi connectivity index (χ1) is 7.43. The van der Waals surface area contributed by atoms with Gasteiger partial charge in [-0.2, -0.15) is 0 Å². The molecule has 5 nitrogen and oxygen atoms in total. The number of hydrogen-bond donors (Lipinski definition) is 1. The normalized spacial score (nSPS) is 10.2. The number of carbonyl (C=O) groups is 2. The number of amides is 1. The number of aromatic carboxylic acids is 1. The van der Waals surface area contributed by atoms with Crippen LogP contribution >= 0.6 is 0 Å². The van der Waals surface area contributed by atoms with Crippen molar-refractivity contribution in [2.45, 2.75) is 13.8 Å². The summed E-state index contributed by atoms with van der Waals surface area (Å²) in [4.78, 5) is 27.4. The van der Waals surface area contributed by atoms with Gasteiger partial charge in [-0.3, -0.25) is 4.79 Å². The molecule has 1 N–H and O–H groups in total. The van der Waals surface area contributed by atoms with Crippen LogP contribution < -0.4 is 4.90 Å². The van der Waals surface area contributed by atoms with Crippen molar-refractivity contribution in [1.82, 2.24) is 4.98 Å². The molecule has 0 spiro atoms. The van der Waals surface area contributed by atoms with Gasteiger partial charge in [-0.25, -0.2) is 9.78 Å². The van der Waals surface area contributed by atoms with E-state index < -0.39 is 5.97 Å². The third kappa shape index (κ3) is 2.56. The minimum atomic E-state index is -1.08. The van der Waals surface area contributed by atoms with Crippen molar-refractivity contribution < 1.29 is 14.7 Å². The Labute approximate surface area is 93.7 Å². The summed E-state index contributed by atoms with van der Waals surface area (Å²) >= 11 is 0. The average molecular weight is 222 g/mol. The molecule has 0 saturated carbocycles. The smallest absolute Gasteiger partial charge is 0.354 e. The Balaban J connectivity index is 2.89. The highest BCUT2D eigenvalue weighted by Gasteiger charge is 2.15. The van der Waals surface area contributed by atoms with E-state index >= 15 is 0 Å². The van der Waals surface area contributed by atoms with Crippen molar-refractivity contribution in [2.24, 2.45) is 5.92 Å². The number of aromatic nitrogens is 1. The third-order valence-electron chi connectivity index (χ3n) is 2.18. The van der Waals surface area contributed by atoms with E-state index in [-0.39, 0.29) is 17.5 Å². The number of anilines is 1. The van der Waals surface area contributed by atoms with Crippen LogP contribution in [0.4, 0.5) is 5.69 Å². The van der Waals surface area contributed by atoms with E-state index in [4.69, 9.17) is 5.11 Å². The number of carbonyl (C=O) groups excluding carboxylic acids is 1. The van der Waals surface area contributed by atoms with Crippen molar-refractivity contribution in [2.75, 3.05) is 11.9 Å². The van der Waals surface area contributed by atoms with Gasteiger partial charge in [0.15, 0.2) is 0 Å². The highest BCUT2D eigenvalue weighted by atomic mass is 16.4. The van der Waals surface area contributed by atoms with Crippen LogP contribution in [0.15, 0.2) is 18.3 Å². The van der Waals surface area contributed by atoms with Gasteiger partial charge in [0, 0.05) is 13.0 Å². The maximum atomic E-state index is 11.6. The summed E-state index contributed by atoms with van der Waals surface area (Å²) in [7, 11) is 1.64. The first kappa shape index (κ1) is 12.2. The summed E-state index contributed by atoms with van der Waals surface area (Å²) in [6.07, 6.45) is 1.38. The second-order valence-corrected chi connectivity index (χ2v) is 3.76. The number of rotatable bonds is 3. The van der Waals surface area contributed by atoms with Crippen molar-refractivity contribution >= 4 is 17.6 Å². The maximum Gasteiger partial charge on any atom is 0.354 e. The first-order valence-electron chi connectivity index (χ1n) is 4.90. The zero-order valence-corrected chi connectivity index (χ0v) is 9.47. The van der Waals surface area contributed by atoms with Crippen LogP contribution in [0.2, 0.25) is 0 Å². The van der Waals surface area contributed by atoms with E-state index in [0.717, 1.165) is 0 Å².